The Labute approximate surface area is 312 Å². The summed E-state index contributed by atoms with van der Waals surface area (Å²) in [7, 11) is -4.21. The van der Waals surface area contributed by atoms with Gasteiger partial charge < -0.3 is 15.5 Å². The van der Waals surface area contributed by atoms with Crippen LogP contribution < -0.4 is 5.32 Å². The number of nitrogens with zero attached hydrogens (tertiary/aromatic N) is 1. The smallest absolute Gasteiger partial charge is 0.382 e. The zero-order valence-corrected chi connectivity index (χ0v) is 31.7. The summed E-state index contributed by atoms with van der Waals surface area (Å²) in [4.78, 5) is 36.2. The molecule has 0 bridgehead atoms. The molecule has 14 heteroatoms. The number of carbonyl (C=O) groups excluding carboxylic acids is 3. The van der Waals surface area contributed by atoms with E-state index in [4.69, 9.17) is 5.26 Å². The molecular weight excluding hydrogens is 729 g/mol. The van der Waals surface area contributed by atoms with Crippen LogP contribution >= 0.6 is 0 Å². The van der Waals surface area contributed by atoms with Gasteiger partial charge in [0.05, 0.1) is 27.8 Å². The molecule has 1 amide bonds. The van der Waals surface area contributed by atoms with E-state index in [1.54, 1.807) is 6.92 Å². The number of sulfone groups is 1. The first-order valence-electron chi connectivity index (χ1n) is 18.0. The standard InChI is InChI=1S/C22H32O3.C18H14F4N2O4S/c1-13-11-16-17(20(3)8-5-15(24)12-19(13)20)6-9-21(4)18(16)7-10-22(21,25)14(2)23;1-17(26,10-29(27,28)14-6-3-12(19)4-7-14)16(25)24-13-5-2-11(9-23)15(8-13)18(20,21)22/h12-13,16-18,25H,5-11H2,1-4H3;2-8,26H,10H2,1H3,(H,24,25)/t13-,16+,17-,18-,20+,21-,22-;/m0./s1. The van der Waals surface area contributed by atoms with E-state index in [0.29, 0.717) is 48.4 Å². The number of benzene rings is 2. The summed E-state index contributed by atoms with van der Waals surface area (Å²) in [6.07, 6.45) is 3.45. The zero-order valence-electron chi connectivity index (χ0n) is 30.9. The van der Waals surface area contributed by atoms with Crippen LogP contribution in [0.1, 0.15) is 90.7 Å². The highest BCUT2D eigenvalue weighted by atomic mass is 32.2. The van der Waals surface area contributed by atoms with E-state index in [2.05, 4.69) is 20.8 Å². The van der Waals surface area contributed by atoms with Crippen molar-refractivity contribution in [2.45, 2.75) is 102 Å². The minimum Gasteiger partial charge on any atom is -0.382 e. The number of nitrogens with one attached hydrogen (secondary N) is 1. The summed E-state index contributed by atoms with van der Waals surface area (Å²) in [5, 5.41) is 32.3. The third-order valence-corrected chi connectivity index (χ3v) is 14.8. The van der Waals surface area contributed by atoms with Crippen LogP contribution in [0.25, 0.3) is 0 Å². The third kappa shape index (κ3) is 7.39. The Bertz CT molecular complexity index is 2020. The van der Waals surface area contributed by atoms with Crippen LogP contribution in [-0.4, -0.2) is 53.1 Å². The van der Waals surface area contributed by atoms with Gasteiger partial charge in [-0.3, -0.25) is 14.4 Å². The maximum Gasteiger partial charge on any atom is 0.417 e. The minimum absolute atomic E-state index is 0.0464. The molecule has 4 aliphatic carbocycles. The summed E-state index contributed by atoms with van der Waals surface area (Å²) in [6, 6.07) is 7.40. The highest BCUT2D eigenvalue weighted by Crippen LogP contribution is 2.68. The number of allylic oxidation sites excluding steroid dienone is 1. The van der Waals surface area contributed by atoms with Gasteiger partial charge >= 0.3 is 6.18 Å². The number of carbonyl (C=O) groups is 3. The Balaban J connectivity index is 0.000000209. The number of aliphatic hydroxyl groups is 2. The molecule has 3 fully saturated rings. The van der Waals surface area contributed by atoms with E-state index in [9.17, 15) is 50.6 Å². The summed E-state index contributed by atoms with van der Waals surface area (Å²) in [5.41, 5.74) is -4.76. The number of hydrogen-bond acceptors (Lipinski definition) is 8. The van der Waals surface area contributed by atoms with Gasteiger partial charge in [-0.15, -0.1) is 0 Å². The molecule has 292 valence electrons. The number of alkyl halides is 3. The van der Waals surface area contributed by atoms with Gasteiger partial charge in [0.2, 0.25) is 0 Å². The fourth-order valence-electron chi connectivity index (χ4n) is 9.96. The van der Waals surface area contributed by atoms with Gasteiger partial charge in [-0.25, -0.2) is 12.8 Å². The molecule has 8 atom stereocenters. The number of rotatable bonds is 6. The predicted octanol–water partition coefficient (Wildman–Crippen LogP) is 6.96. The molecule has 0 saturated heterocycles. The largest absolute Gasteiger partial charge is 0.417 e. The molecule has 2 aromatic rings. The fraction of sp³-hybridized carbons (Fsp3) is 0.550. The second kappa shape index (κ2) is 14.3. The van der Waals surface area contributed by atoms with E-state index in [-0.39, 0.29) is 27.2 Å². The molecule has 9 nitrogen and oxygen atoms in total. The number of amides is 1. The second-order valence-corrected chi connectivity index (χ2v) is 18.2. The van der Waals surface area contributed by atoms with Crippen molar-refractivity contribution in [2.75, 3.05) is 11.1 Å². The maximum atomic E-state index is 13.0. The first kappa shape index (κ1) is 41.2. The van der Waals surface area contributed by atoms with E-state index in [1.807, 2.05) is 11.4 Å². The van der Waals surface area contributed by atoms with Crippen molar-refractivity contribution >= 4 is 33.0 Å². The number of hydrogen-bond donors (Lipinski definition) is 3. The van der Waals surface area contributed by atoms with Crippen molar-refractivity contribution in [3.8, 4) is 6.07 Å². The van der Waals surface area contributed by atoms with E-state index >= 15 is 0 Å². The Morgan fingerprint density at radius 1 is 1.04 bits per heavy atom. The quantitative estimate of drug-likeness (QED) is 0.210. The lowest BCUT2D eigenvalue weighted by molar-refractivity contribution is -0.161. The molecule has 0 aromatic heterocycles. The molecule has 0 heterocycles. The first-order chi connectivity index (χ1) is 24.9. The van der Waals surface area contributed by atoms with Crippen LogP contribution in [0.15, 0.2) is 59.0 Å². The Hall–Kier alpha value is -3.93. The average Bonchev–Trinajstić information content (AvgIpc) is 3.36. The number of anilines is 1. The van der Waals surface area contributed by atoms with Crippen LogP contribution in [0.4, 0.5) is 23.2 Å². The molecule has 0 spiro atoms. The Morgan fingerprint density at radius 3 is 2.26 bits per heavy atom. The molecule has 6 rings (SSSR count). The highest BCUT2D eigenvalue weighted by Gasteiger charge is 2.66. The van der Waals surface area contributed by atoms with Crippen molar-refractivity contribution in [3.05, 3.63) is 71.1 Å². The lowest BCUT2D eigenvalue weighted by Gasteiger charge is -2.60. The Kier molecular flexibility index (Phi) is 10.9. The van der Waals surface area contributed by atoms with E-state index in [1.165, 1.54) is 11.6 Å². The van der Waals surface area contributed by atoms with Gasteiger partial charge in [0.25, 0.3) is 5.91 Å². The van der Waals surface area contributed by atoms with Crippen molar-refractivity contribution < 1.29 is 50.6 Å². The van der Waals surface area contributed by atoms with Crippen LogP contribution in [0, 0.1) is 51.6 Å². The number of Topliss-reactive ketones (excluding diaryl/α,β-unsaturated/α-hetero) is 1. The number of halogens is 4. The normalized spacial score (nSPS) is 31.6. The molecule has 3 saturated carbocycles. The highest BCUT2D eigenvalue weighted by molar-refractivity contribution is 7.91. The molecule has 0 radical (unpaired) electrons. The summed E-state index contributed by atoms with van der Waals surface area (Å²) < 4.78 is 76.6. The number of nitriles is 1. The van der Waals surface area contributed by atoms with Crippen LogP contribution in [0.3, 0.4) is 0 Å². The molecule has 0 aliphatic heterocycles. The second-order valence-electron chi connectivity index (χ2n) is 16.2. The molecule has 3 N–H and O–H groups in total. The number of fused-ring (bicyclic) bond motifs is 5. The van der Waals surface area contributed by atoms with Gasteiger partial charge in [0.1, 0.15) is 11.4 Å². The lowest BCUT2D eigenvalue weighted by Crippen LogP contribution is -2.57. The van der Waals surface area contributed by atoms with Gasteiger partial charge in [0, 0.05) is 17.5 Å². The average molecular weight is 775 g/mol. The minimum atomic E-state index is -4.86. The van der Waals surface area contributed by atoms with Gasteiger partial charge in [-0.2, -0.15) is 18.4 Å². The number of ketones is 2. The summed E-state index contributed by atoms with van der Waals surface area (Å²) in [6.45, 7) is 9.27. The van der Waals surface area contributed by atoms with Crippen molar-refractivity contribution in [1.82, 2.24) is 0 Å². The molecular formula is C40H46F4N2O7S. The Morgan fingerprint density at radius 2 is 1.67 bits per heavy atom. The van der Waals surface area contributed by atoms with Gasteiger partial charge in [-0.1, -0.05) is 26.3 Å². The summed E-state index contributed by atoms with van der Waals surface area (Å²) in [5.74, 6) is -0.786. The van der Waals surface area contributed by atoms with Gasteiger partial charge in [-0.05, 0) is 130 Å². The molecule has 54 heavy (non-hydrogen) atoms. The molecule has 1 unspecified atom stereocenters. The first-order valence-corrected chi connectivity index (χ1v) is 19.7. The fourth-order valence-corrected chi connectivity index (χ4v) is 11.5. The SMILES string of the molecule is CC(=O)[C@@]1(O)CC[C@H]2[C@@H]3C[C@H](C)C4=CC(=O)CC[C@]4(C)[C@H]3CC[C@@]21C.CC(O)(CS(=O)(=O)c1ccc(F)cc1)C(=O)Nc1ccc(C#N)c(C(F)(F)F)c1. The van der Waals surface area contributed by atoms with Crippen LogP contribution in [0.5, 0.6) is 0 Å². The van der Waals surface area contributed by atoms with Crippen molar-refractivity contribution in [2.24, 2.45) is 34.5 Å². The van der Waals surface area contributed by atoms with Gasteiger partial charge in [0.15, 0.2) is 27.0 Å². The third-order valence-electron chi connectivity index (χ3n) is 12.8. The molecule has 2 aromatic carbocycles. The summed E-state index contributed by atoms with van der Waals surface area (Å²) >= 11 is 0. The van der Waals surface area contributed by atoms with Crippen LogP contribution in [-0.2, 0) is 30.4 Å². The zero-order chi connectivity index (χ0) is 40.2. The maximum absolute atomic E-state index is 13.0. The van der Waals surface area contributed by atoms with E-state index in [0.717, 1.165) is 75.4 Å². The van der Waals surface area contributed by atoms with Crippen molar-refractivity contribution in [1.29, 1.82) is 5.26 Å². The lowest BCUT2D eigenvalue weighted by atomic mass is 9.45. The monoisotopic (exact) mass is 774 g/mol. The predicted molar refractivity (Wildman–Crippen MR) is 191 cm³/mol. The molecule has 4 aliphatic rings. The van der Waals surface area contributed by atoms with Crippen LogP contribution in [0.2, 0.25) is 0 Å². The van der Waals surface area contributed by atoms with Crippen molar-refractivity contribution in [3.63, 3.8) is 0 Å². The topological polar surface area (TPSA) is 162 Å². The van der Waals surface area contributed by atoms with E-state index < -0.39 is 55.8 Å².